The highest BCUT2D eigenvalue weighted by atomic mass is 35.5. The molecule has 0 unspecified atom stereocenters. The van der Waals surface area contributed by atoms with Crippen molar-refractivity contribution < 1.29 is 9.90 Å². The fourth-order valence-electron chi connectivity index (χ4n) is 1.83. The molecule has 3 rings (SSSR count). The van der Waals surface area contributed by atoms with Crippen molar-refractivity contribution in [3.63, 3.8) is 0 Å². The molecule has 0 aliphatic rings. The zero-order valence-electron chi connectivity index (χ0n) is 9.28. The summed E-state index contributed by atoms with van der Waals surface area (Å²) < 4.78 is 1.07. The van der Waals surface area contributed by atoms with E-state index in [0.717, 1.165) is 0 Å². The maximum absolute atomic E-state index is 11.1. The molecule has 7 heteroatoms. The van der Waals surface area contributed by atoms with Crippen LogP contribution in [0.5, 0.6) is 0 Å². The molecule has 0 atom stereocenters. The molecule has 0 radical (unpaired) electrons. The first-order valence-electron chi connectivity index (χ1n) is 5.23. The van der Waals surface area contributed by atoms with Gasteiger partial charge in [0.25, 0.3) is 0 Å². The number of fused-ring (bicyclic) bond motifs is 1. The van der Waals surface area contributed by atoms with Gasteiger partial charge in [0.1, 0.15) is 15.7 Å². The van der Waals surface area contributed by atoms with E-state index in [4.69, 9.17) is 28.3 Å². The van der Waals surface area contributed by atoms with E-state index in [1.165, 1.54) is 17.4 Å². The Balaban J connectivity index is 2.25. The molecule has 4 nitrogen and oxygen atoms in total. The number of rotatable bonds is 2. The first-order valence-corrected chi connectivity index (χ1v) is 6.80. The van der Waals surface area contributed by atoms with Gasteiger partial charge in [-0.05, 0) is 18.2 Å². The lowest BCUT2D eigenvalue weighted by atomic mass is 10.2. The van der Waals surface area contributed by atoms with Gasteiger partial charge in [0.15, 0.2) is 0 Å². The summed E-state index contributed by atoms with van der Waals surface area (Å²) in [6, 6.07) is 6.64. The van der Waals surface area contributed by atoms with Crippen molar-refractivity contribution in [2.75, 3.05) is 0 Å². The number of aromatic nitrogens is 2. The van der Waals surface area contributed by atoms with Gasteiger partial charge < -0.3 is 10.1 Å². The lowest BCUT2D eigenvalue weighted by Crippen LogP contribution is -1.96. The van der Waals surface area contributed by atoms with Crippen LogP contribution >= 0.6 is 34.5 Å². The van der Waals surface area contributed by atoms with Gasteiger partial charge >= 0.3 is 5.97 Å². The molecule has 0 saturated heterocycles. The second kappa shape index (κ2) is 4.52. The van der Waals surface area contributed by atoms with E-state index in [9.17, 15) is 4.79 Å². The maximum Gasteiger partial charge on any atom is 0.337 e. The number of para-hydroxylation sites is 1. The number of carboxylic acids is 1. The number of halogens is 2. The van der Waals surface area contributed by atoms with Crippen molar-refractivity contribution in [2.24, 2.45) is 0 Å². The summed E-state index contributed by atoms with van der Waals surface area (Å²) in [5.74, 6) is -0.505. The Bertz CT molecular complexity index is 794. The van der Waals surface area contributed by atoms with Crippen LogP contribution in [0.15, 0.2) is 24.3 Å². The van der Waals surface area contributed by atoms with Gasteiger partial charge in [-0.25, -0.2) is 9.78 Å². The highest BCUT2D eigenvalue weighted by Gasteiger charge is 2.16. The van der Waals surface area contributed by atoms with Gasteiger partial charge in [-0.15, -0.1) is 11.3 Å². The summed E-state index contributed by atoms with van der Waals surface area (Å²) in [4.78, 5) is 18.5. The summed E-state index contributed by atoms with van der Waals surface area (Å²) in [5, 5.41) is 9.12. The summed E-state index contributed by atoms with van der Waals surface area (Å²) in [6.45, 7) is 0. The fourth-order valence-corrected chi connectivity index (χ4v) is 3.30. The smallest absolute Gasteiger partial charge is 0.337 e. The summed E-state index contributed by atoms with van der Waals surface area (Å²) in [7, 11) is 0. The number of hydrogen-bond donors (Lipinski definition) is 2. The predicted molar refractivity (Wildman–Crippen MR) is 76.4 cm³/mol. The van der Waals surface area contributed by atoms with E-state index >= 15 is 0 Å². The number of aromatic amines is 1. The molecule has 1 aromatic carbocycles. The minimum atomic E-state index is -1.02. The normalized spacial score (nSPS) is 11.1. The average Bonchev–Trinajstić information content (AvgIpc) is 2.91. The Morgan fingerprint density at radius 2 is 2.16 bits per heavy atom. The molecule has 0 spiro atoms. The van der Waals surface area contributed by atoms with Gasteiger partial charge in [0, 0.05) is 5.56 Å². The first-order chi connectivity index (χ1) is 9.06. The average molecular weight is 313 g/mol. The molecular weight excluding hydrogens is 307 g/mol. The number of carboxylic acid groups (broad SMARTS) is 1. The molecule has 0 saturated carbocycles. The topological polar surface area (TPSA) is 66.0 Å². The van der Waals surface area contributed by atoms with Gasteiger partial charge in [-0.2, -0.15) is 0 Å². The van der Waals surface area contributed by atoms with Crippen molar-refractivity contribution in [1.29, 1.82) is 0 Å². The third-order valence-electron chi connectivity index (χ3n) is 2.65. The number of thiophene rings is 1. The van der Waals surface area contributed by atoms with Crippen LogP contribution in [0, 0.1) is 0 Å². The second-order valence-electron chi connectivity index (χ2n) is 3.83. The fraction of sp³-hybridized carbons (Fsp3) is 0. The molecule has 96 valence electrons. The van der Waals surface area contributed by atoms with Crippen molar-refractivity contribution in [1.82, 2.24) is 9.97 Å². The molecule has 19 heavy (non-hydrogen) atoms. The molecule has 0 fully saturated rings. The van der Waals surface area contributed by atoms with Crippen LogP contribution in [0.1, 0.15) is 10.4 Å². The minimum absolute atomic E-state index is 0.150. The number of aromatic carboxylic acids is 1. The van der Waals surface area contributed by atoms with Gasteiger partial charge in [-0.1, -0.05) is 29.3 Å². The van der Waals surface area contributed by atoms with Crippen LogP contribution in [0.25, 0.3) is 22.4 Å². The zero-order valence-corrected chi connectivity index (χ0v) is 11.6. The summed E-state index contributed by atoms with van der Waals surface area (Å²) in [6.07, 6.45) is 0. The predicted octanol–water partition coefficient (Wildman–Crippen LogP) is 4.30. The molecule has 0 amide bonds. The number of benzene rings is 1. The highest BCUT2D eigenvalue weighted by molar-refractivity contribution is 7.20. The summed E-state index contributed by atoms with van der Waals surface area (Å²) >= 11 is 13.2. The lowest BCUT2D eigenvalue weighted by molar-refractivity contribution is 0.0699. The van der Waals surface area contributed by atoms with Crippen LogP contribution < -0.4 is 0 Å². The standard InChI is InChI=1S/C12H6Cl2N2O2S/c13-8-4-6(10(14)19-8)11-15-7-3-1-2-5(12(17)18)9(7)16-11/h1-4H,(H,15,16)(H,17,18). The van der Waals surface area contributed by atoms with Crippen molar-refractivity contribution >= 4 is 51.5 Å². The van der Waals surface area contributed by atoms with Crippen LogP contribution in [0.2, 0.25) is 8.67 Å². The van der Waals surface area contributed by atoms with Crippen LogP contribution in [-0.2, 0) is 0 Å². The molecule has 0 bridgehead atoms. The molecule has 2 aromatic heterocycles. The zero-order chi connectivity index (χ0) is 13.6. The Morgan fingerprint density at radius 1 is 1.37 bits per heavy atom. The third-order valence-corrected chi connectivity index (χ3v) is 4.14. The molecule has 0 aliphatic heterocycles. The molecule has 0 aliphatic carbocycles. The number of H-pyrrole nitrogens is 1. The van der Waals surface area contributed by atoms with Crippen LogP contribution in [0.4, 0.5) is 0 Å². The SMILES string of the molecule is O=C(O)c1cccc2[nH]c(-c3cc(Cl)sc3Cl)nc12. The maximum atomic E-state index is 11.1. The van der Waals surface area contributed by atoms with Gasteiger partial charge in [0.2, 0.25) is 0 Å². The highest BCUT2D eigenvalue weighted by Crippen LogP contribution is 2.37. The van der Waals surface area contributed by atoms with Crippen molar-refractivity contribution in [3.8, 4) is 11.4 Å². The summed E-state index contributed by atoms with van der Waals surface area (Å²) in [5.41, 5.74) is 1.87. The molecular formula is C12H6Cl2N2O2S. The van der Waals surface area contributed by atoms with Gasteiger partial charge in [-0.3, -0.25) is 0 Å². The van der Waals surface area contributed by atoms with Crippen LogP contribution in [-0.4, -0.2) is 21.0 Å². The van der Waals surface area contributed by atoms with Crippen molar-refractivity contribution in [3.05, 3.63) is 38.5 Å². The van der Waals surface area contributed by atoms with E-state index in [1.807, 2.05) is 0 Å². The van der Waals surface area contributed by atoms with Crippen LogP contribution in [0.3, 0.4) is 0 Å². The Morgan fingerprint density at radius 3 is 2.79 bits per heavy atom. The Kier molecular flexibility index (Phi) is 2.97. The minimum Gasteiger partial charge on any atom is -0.478 e. The Hall–Kier alpha value is -1.56. The monoisotopic (exact) mass is 312 g/mol. The van der Waals surface area contributed by atoms with E-state index in [1.54, 1.807) is 18.2 Å². The molecule has 2 heterocycles. The van der Waals surface area contributed by atoms with Gasteiger partial charge in [0.05, 0.1) is 15.4 Å². The number of hydrogen-bond acceptors (Lipinski definition) is 3. The van der Waals surface area contributed by atoms with Crippen molar-refractivity contribution in [2.45, 2.75) is 0 Å². The first kappa shape index (κ1) is 12.5. The van der Waals surface area contributed by atoms with E-state index in [2.05, 4.69) is 9.97 Å². The lowest BCUT2D eigenvalue weighted by Gasteiger charge is -1.93. The molecule has 3 aromatic rings. The number of nitrogens with zero attached hydrogens (tertiary/aromatic N) is 1. The third kappa shape index (κ3) is 2.10. The van der Waals surface area contributed by atoms with E-state index in [0.29, 0.717) is 31.1 Å². The number of nitrogens with one attached hydrogen (secondary N) is 1. The quantitative estimate of drug-likeness (QED) is 0.741. The number of imidazole rings is 1. The number of carbonyl (C=O) groups is 1. The largest absolute Gasteiger partial charge is 0.478 e. The van der Waals surface area contributed by atoms with E-state index in [-0.39, 0.29) is 5.56 Å². The second-order valence-corrected chi connectivity index (χ2v) is 6.12. The molecule has 2 N–H and O–H groups in total. The Labute approximate surface area is 121 Å². The van der Waals surface area contributed by atoms with E-state index < -0.39 is 5.97 Å².